The van der Waals surface area contributed by atoms with E-state index < -0.39 is 83.1 Å². The second-order valence-electron chi connectivity index (χ2n) is 17.8. The van der Waals surface area contributed by atoms with Gasteiger partial charge in [0.15, 0.2) is 17.7 Å². The zero-order valence-corrected chi connectivity index (χ0v) is 36.9. The van der Waals surface area contributed by atoms with Gasteiger partial charge < -0.3 is 44.3 Å². The van der Waals surface area contributed by atoms with E-state index in [1.165, 1.54) is 18.9 Å². The van der Waals surface area contributed by atoms with Gasteiger partial charge in [-0.05, 0) is 86.0 Å². The lowest BCUT2D eigenvalue weighted by Crippen LogP contribution is -2.61. The molecule has 17 heteroatoms. The summed E-state index contributed by atoms with van der Waals surface area (Å²) in [7, 11) is 5.04. The van der Waals surface area contributed by atoms with Crippen LogP contribution in [0.4, 0.5) is 14.9 Å². The van der Waals surface area contributed by atoms with Gasteiger partial charge in [0.1, 0.15) is 23.7 Å². The van der Waals surface area contributed by atoms with Gasteiger partial charge >= 0.3 is 12.1 Å². The second kappa shape index (κ2) is 18.5. The number of aliphatic hydroxyl groups excluding tert-OH is 1. The van der Waals surface area contributed by atoms with Gasteiger partial charge in [-0.2, -0.15) is 0 Å². The number of esters is 1. The summed E-state index contributed by atoms with van der Waals surface area (Å²) in [6, 6.07) is 6.02. The van der Waals surface area contributed by atoms with Crippen molar-refractivity contribution in [3.8, 4) is 11.3 Å². The van der Waals surface area contributed by atoms with E-state index in [0.29, 0.717) is 37.2 Å². The van der Waals surface area contributed by atoms with Crippen molar-refractivity contribution >= 4 is 29.3 Å². The molecule has 1 aromatic heterocycles. The maximum atomic E-state index is 16.9. The molecule has 3 fully saturated rings. The van der Waals surface area contributed by atoms with Gasteiger partial charge in [0, 0.05) is 55.2 Å². The van der Waals surface area contributed by atoms with Crippen molar-refractivity contribution in [2.24, 2.45) is 17.8 Å². The third-order valence-corrected chi connectivity index (χ3v) is 12.9. The molecule has 3 aliphatic rings. The summed E-state index contributed by atoms with van der Waals surface area (Å²) in [5, 5.41) is 19.9. The number of rotatable bonds is 11. The number of carbonyl (C=O) groups is 4. The number of cyclic esters (lactones) is 1. The van der Waals surface area contributed by atoms with Crippen molar-refractivity contribution in [1.29, 1.82) is 0 Å². The maximum Gasteiger partial charge on any atom is 0.410 e. The van der Waals surface area contributed by atoms with Gasteiger partial charge in [0.25, 0.3) is 5.67 Å². The number of hydrogen-bond donors (Lipinski definition) is 2. The number of methoxy groups -OCH3 is 1. The van der Waals surface area contributed by atoms with E-state index in [1.54, 1.807) is 45.4 Å². The summed E-state index contributed by atoms with van der Waals surface area (Å²) in [5.74, 6) is -5.85. The van der Waals surface area contributed by atoms with E-state index in [-0.39, 0.29) is 37.3 Å². The highest BCUT2D eigenvalue weighted by Gasteiger charge is 2.61. The number of Topliss-reactive ketones (excluding diaryl/α,β-unsaturated/α-hetero) is 2. The van der Waals surface area contributed by atoms with E-state index in [2.05, 4.69) is 10.3 Å². The summed E-state index contributed by atoms with van der Waals surface area (Å²) < 4.78 is 49.2. The molecule has 3 saturated heterocycles. The molecule has 1 aromatic carbocycles. The number of nitrogen functional groups attached to an aromatic ring is 1. The van der Waals surface area contributed by atoms with Crippen molar-refractivity contribution in [2.75, 3.05) is 33.5 Å². The molecule has 5 rings (SSSR count). The van der Waals surface area contributed by atoms with Crippen molar-refractivity contribution in [3.05, 3.63) is 30.5 Å². The number of halogens is 1. The summed E-state index contributed by atoms with van der Waals surface area (Å²) >= 11 is 0. The number of unbranched alkanes of at least 4 members (excludes halogenated alkanes) is 1. The molecule has 0 spiro atoms. The third-order valence-electron chi connectivity index (χ3n) is 12.9. The van der Waals surface area contributed by atoms with Crippen molar-refractivity contribution in [2.45, 2.75) is 154 Å². The Labute approximate surface area is 352 Å². The summed E-state index contributed by atoms with van der Waals surface area (Å²) in [5.41, 5.74) is 1.80. The molecule has 2 aromatic rings. The Morgan fingerprint density at radius 2 is 1.73 bits per heavy atom. The molecule has 13 atom stereocenters. The van der Waals surface area contributed by atoms with Crippen LogP contribution in [0.2, 0.25) is 0 Å². The quantitative estimate of drug-likeness (QED) is 0.138. The summed E-state index contributed by atoms with van der Waals surface area (Å²) in [6.45, 7) is 13.1. The first-order valence-electron chi connectivity index (χ1n) is 21.0. The Morgan fingerprint density at radius 3 is 2.37 bits per heavy atom. The number of ether oxygens (including phenoxy) is 5. The highest BCUT2D eigenvalue weighted by atomic mass is 19.1. The average Bonchev–Trinajstić information content (AvgIpc) is 3.78. The molecule has 60 heavy (non-hydrogen) atoms. The van der Waals surface area contributed by atoms with Gasteiger partial charge in [-0.1, -0.05) is 45.0 Å². The number of benzene rings is 1. The highest BCUT2D eigenvalue weighted by molar-refractivity contribution is 6.08. The van der Waals surface area contributed by atoms with E-state index in [9.17, 15) is 24.3 Å². The van der Waals surface area contributed by atoms with Crippen LogP contribution in [0.1, 0.15) is 87.5 Å². The van der Waals surface area contributed by atoms with Crippen molar-refractivity contribution < 1.29 is 52.4 Å². The predicted octanol–water partition coefficient (Wildman–Crippen LogP) is 4.60. The molecule has 1 amide bonds. The molecule has 4 heterocycles. The molecular formula is C43H65FN6O10. The van der Waals surface area contributed by atoms with E-state index >= 15 is 4.39 Å². The number of aliphatic hydroxyl groups is 1. The minimum atomic E-state index is -3.19. The van der Waals surface area contributed by atoms with Crippen LogP contribution in [0, 0.1) is 17.8 Å². The number of aromatic nitrogens is 3. The monoisotopic (exact) mass is 844 g/mol. The van der Waals surface area contributed by atoms with Gasteiger partial charge in [-0.15, -0.1) is 5.10 Å². The summed E-state index contributed by atoms with van der Waals surface area (Å²) in [6.07, 6.45) is -2.57. The van der Waals surface area contributed by atoms with Gasteiger partial charge in [-0.3, -0.25) is 14.3 Å². The molecule has 16 nitrogen and oxygen atoms in total. The molecule has 0 radical (unpaired) electrons. The lowest BCUT2D eigenvalue weighted by atomic mass is 9.73. The molecule has 0 bridgehead atoms. The first kappa shape index (κ1) is 47.0. The SMILES string of the molecule is CC[C@H]1OC(=O)[C@@](C)(F)C(=O)[C@H](C)[C@@H](O[C@@H]2O[C@H](C)C[C@H](N(C)C)[C@H]2O)[C@@](C)(OC)C[C@@H](C)C(=O)[C@H](C)[C@@H]2N(CCCCn3cc(-c4cccc(N)c4)nn3)C(=O)O[C@@]21C. The van der Waals surface area contributed by atoms with Crippen LogP contribution >= 0.6 is 0 Å². The number of nitrogens with zero attached hydrogens (tertiary/aromatic N) is 5. The van der Waals surface area contributed by atoms with E-state index in [0.717, 1.165) is 12.5 Å². The number of anilines is 1. The molecular weight excluding hydrogens is 780 g/mol. The smallest absolute Gasteiger partial charge is 0.410 e. The van der Waals surface area contributed by atoms with Gasteiger partial charge in [0.2, 0.25) is 0 Å². The lowest BCUT2D eigenvalue weighted by molar-refractivity contribution is -0.295. The molecule has 3 N–H and O–H groups in total. The number of alkyl halides is 1. The Balaban J connectivity index is 1.45. The Bertz CT molecular complexity index is 1860. The third kappa shape index (κ3) is 9.39. The topological polar surface area (TPSA) is 198 Å². The Morgan fingerprint density at radius 1 is 1.05 bits per heavy atom. The molecule has 0 aliphatic carbocycles. The highest BCUT2D eigenvalue weighted by Crippen LogP contribution is 2.44. The zero-order chi connectivity index (χ0) is 44.5. The molecule has 334 valence electrons. The number of carbonyl (C=O) groups excluding carboxylic acids is 4. The standard InChI is InChI=1S/C43H65FN6O10/c1-12-32-43(8)35(50(40(55)60-43)19-14-13-18-49-23-30(46-47-49)28-16-15-17-29(45)21-28)26(4)33(51)24(2)22-41(6,56-11)37(27(5)36(53)42(7,44)39(54)58-32)59-38-34(52)31(48(9)10)20-25(3)57-38/h15-17,21,23-27,31-32,34-35,37-38,52H,12-14,18-20,22,45H2,1-11H3/t24-,25-,26+,27+,31+,32-,34-,35+,37-,38+,41+,42+,43-/m1/s1. The number of fused-ring (bicyclic) bond motifs is 1. The van der Waals surface area contributed by atoms with Crippen LogP contribution in [0.15, 0.2) is 30.5 Å². The average molecular weight is 845 g/mol. The fraction of sp³-hybridized carbons (Fsp3) is 0.721. The van der Waals surface area contributed by atoms with Crippen molar-refractivity contribution in [3.63, 3.8) is 0 Å². The number of ketones is 2. The van der Waals surface area contributed by atoms with Crippen LogP contribution in [0.25, 0.3) is 11.3 Å². The largest absolute Gasteiger partial charge is 0.455 e. The zero-order valence-electron chi connectivity index (χ0n) is 36.9. The number of hydrogen-bond acceptors (Lipinski definition) is 14. The van der Waals surface area contributed by atoms with Crippen LogP contribution in [0.5, 0.6) is 0 Å². The fourth-order valence-electron chi connectivity index (χ4n) is 9.51. The van der Waals surface area contributed by atoms with Crippen LogP contribution in [0.3, 0.4) is 0 Å². The van der Waals surface area contributed by atoms with E-state index in [1.807, 2.05) is 50.3 Å². The summed E-state index contributed by atoms with van der Waals surface area (Å²) in [4.78, 5) is 60.1. The predicted molar refractivity (Wildman–Crippen MR) is 219 cm³/mol. The fourth-order valence-corrected chi connectivity index (χ4v) is 9.51. The van der Waals surface area contributed by atoms with Crippen molar-refractivity contribution in [1.82, 2.24) is 24.8 Å². The maximum absolute atomic E-state index is 16.9. The number of nitrogens with two attached hydrogens (primary N) is 1. The number of likely N-dealkylation sites (N-methyl/N-ethyl adjacent to an activating group) is 1. The minimum Gasteiger partial charge on any atom is -0.455 e. The minimum absolute atomic E-state index is 0.0111. The lowest BCUT2D eigenvalue weighted by Gasteiger charge is -2.47. The number of amides is 1. The molecule has 0 unspecified atom stereocenters. The Hall–Kier alpha value is -4.03. The van der Waals surface area contributed by atoms with Gasteiger partial charge in [0.05, 0.1) is 30.0 Å². The van der Waals surface area contributed by atoms with Crippen LogP contribution in [-0.2, 0) is 44.6 Å². The number of aryl methyl sites for hydroxylation is 1. The van der Waals surface area contributed by atoms with Gasteiger partial charge in [-0.25, -0.2) is 14.0 Å². The Kier molecular flexibility index (Phi) is 14.5. The second-order valence-corrected chi connectivity index (χ2v) is 17.8. The molecule has 3 aliphatic heterocycles. The molecule has 0 saturated carbocycles. The normalized spacial score (nSPS) is 37.1. The van der Waals surface area contributed by atoms with E-state index in [4.69, 9.17) is 29.4 Å². The first-order valence-corrected chi connectivity index (χ1v) is 21.0. The first-order chi connectivity index (χ1) is 28.1. The van der Waals surface area contributed by atoms with Crippen LogP contribution < -0.4 is 5.73 Å². The van der Waals surface area contributed by atoms with Crippen LogP contribution in [-0.4, -0.2) is 141 Å².